The molecule has 0 aromatic carbocycles. The molecule has 2 atom stereocenters. The van der Waals surface area contributed by atoms with Crippen molar-refractivity contribution in [3.8, 4) is 0 Å². The van der Waals surface area contributed by atoms with Crippen LogP contribution in [0.25, 0.3) is 0 Å². The van der Waals surface area contributed by atoms with Crippen molar-refractivity contribution in [3.63, 3.8) is 0 Å². The molecule has 0 radical (unpaired) electrons. The highest BCUT2D eigenvalue weighted by atomic mass is 31.2. The zero-order valence-electron chi connectivity index (χ0n) is 25.0. The van der Waals surface area contributed by atoms with E-state index in [0.717, 1.165) is 12.8 Å². The van der Waals surface area contributed by atoms with Gasteiger partial charge < -0.3 is 19.5 Å². The summed E-state index contributed by atoms with van der Waals surface area (Å²) in [6.07, 6.45) is 23.8. The second-order valence-corrected chi connectivity index (χ2v) is 11.9. The minimum absolute atomic E-state index is 0.116. The molecule has 10 heteroatoms. The monoisotopic (exact) mass is 588 g/mol. The summed E-state index contributed by atoms with van der Waals surface area (Å²) in [5.41, 5.74) is 0.119. The van der Waals surface area contributed by atoms with Gasteiger partial charge in [0.05, 0.1) is 13.2 Å². The summed E-state index contributed by atoms with van der Waals surface area (Å²) in [7, 11) is -2.77. The van der Waals surface area contributed by atoms with Gasteiger partial charge in [0.15, 0.2) is 18.9 Å². The maximum absolute atomic E-state index is 12.2. The van der Waals surface area contributed by atoms with Crippen molar-refractivity contribution in [2.75, 3.05) is 33.5 Å². The van der Waals surface area contributed by atoms with Crippen LogP contribution in [0.3, 0.4) is 0 Å². The van der Waals surface area contributed by atoms with Crippen LogP contribution >= 0.6 is 7.82 Å². The first kappa shape index (κ1) is 36.7. The number of nitrogens with zero attached hydrogens (tertiary/aromatic N) is 1. The second-order valence-electron chi connectivity index (χ2n) is 10.5. The van der Waals surface area contributed by atoms with Crippen LogP contribution in [0, 0.1) is 0 Å². The molecule has 0 amide bonds. The van der Waals surface area contributed by atoms with Crippen LogP contribution < -0.4 is 4.57 Å². The topological polar surface area (TPSA) is 115 Å². The van der Waals surface area contributed by atoms with Crippen molar-refractivity contribution in [1.82, 2.24) is 0 Å². The van der Waals surface area contributed by atoms with Gasteiger partial charge in [-0.3, -0.25) is 9.05 Å². The number of aromatic nitrogens is 1. The fraction of sp³-hybridized carbons (Fsp3) is 0.800. The predicted octanol–water partition coefficient (Wildman–Crippen LogP) is 7.10. The molecule has 0 fully saturated rings. The predicted molar refractivity (Wildman–Crippen MR) is 156 cm³/mol. The first-order valence-electron chi connectivity index (χ1n) is 15.3. The number of hydrogen-bond donors (Lipinski definition) is 2. The summed E-state index contributed by atoms with van der Waals surface area (Å²) < 4.78 is 34.7. The van der Waals surface area contributed by atoms with E-state index in [9.17, 15) is 14.3 Å². The van der Waals surface area contributed by atoms with Gasteiger partial charge in [0.1, 0.15) is 18.3 Å². The molecule has 0 saturated heterocycles. The third-order valence-corrected chi connectivity index (χ3v) is 7.90. The van der Waals surface area contributed by atoms with Crippen molar-refractivity contribution >= 4 is 13.8 Å². The van der Waals surface area contributed by atoms with Gasteiger partial charge in [-0.25, -0.2) is 13.9 Å². The number of methoxy groups -OCH3 is 1. The number of pyridine rings is 1. The zero-order chi connectivity index (χ0) is 29.3. The zero-order valence-corrected chi connectivity index (χ0v) is 25.9. The molecule has 0 spiro atoms. The molecule has 1 heterocycles. The van der Waals surface area contributed by atoms with E-state index in [2.05, 4.69) is 6.92 Å². The summed E-state index contributed by atoms with van der Waals surface area (Å²) in [4.78, 5) is 21.0. The maximum Gasteiger partial charge on any atom is 0.472 e. The van der Waals surface area contributed by atoms with Crippen LogP contribution in [0.15, 0.2) is 24.5 Å². The Bertz CT molecular complexity index is 810. The number of carbonyl (C=O) groups is 1. The van der Waals surface area contributed by atoms with Gasteiger partial charge in [-0.2, -0.15) is 0 Å². The molecule has 40 heavy (non-hydrogen) atoms. The van der Waals surface area contributed by atoms with Crippen molar-refractivity contribution in [2.45, 2.75) is 122 Å². The van der Waals surface area contributed by atoms with E-state index in [1.54, 1.807) is 16.8 Å². The van der Waals surface area contributed by atoms with Crippen LogP contribution in [0.1, 0.15) is 120 Å². The van der Waals surface area contributed by atoms with E-state index in [1.165, 1.54) is 109 Å². The van der Waals surface area contributed by atoms with E-state index in [0.29, 0.717) is 6.61 Å². The van der Waals surface area contributed by atoms with Gasteiger partial charge in [0, 0.05) is 19.8 Å². The highest BCUT2D eigenvalue weighted by Crippen LogP contribution is 2.43. The first-order chi connectivity index (χ1) is 19.4. The first-order valence-corrected chi connectivity index (χ1v) is 16.8. The van der Waals surface area contributed by atoms with Crippen LogP contribution in [-0.4, -0.2) is 55.6 Å². The lowest BCUT2D eigenvalue weighted by Gasteiger charge is -2.18. The van der Waals surface area contributed by atoms with Gasteiger partial charge in [-0.05, 0) is 12.5 Å². The maximum atomic E-state index is 12.2. The van der Waals surface area contributed by atoms with Gasteiger partial charge in [-0.15, -0.1) is 0 Å². The number of carboxylic acids is 1. The summed E-state index contributed by atoms with van der Waals surface area (Å²) in [5, 5.41) is 9.04. The summed E-state index contributed by atoms with van der Waals surface area (Å²) in [5.74, 6) is -1.05. The Morgan fingerprint density at radius 2 is 1.40 bits per heavy atom. The smallest absolute Gasteiger partial charge is 0.472 e. The molecule has 1 aromatic rings. The molecule has 0 saturated carbocycles. The molecule has 0 aliphatic carbocycles. The molecule has 9 nitrogen and oxygen atoms in total. The van der Waals surface area contributed by atoms with E-state index in [4.69, 9.17) is 23.6 Å². The Hall–Kier alpha value is -1.35. The Morgan fingerprint density at radius 3 is 1.93 bits per heavy atom. The van der Waals surface area contributed by atoms with Gasteiger partial charge >= 0.3 is 13.8 Å². The van der Waals surface area contributed by atoms with Crippen LogP contribution in [0.5, 0.6) is 0 Å². The van der Waals surface area contributed by atoms with E-state index in [-0.39, 0.29) is 31.9 Å². The molecule has 0 bridgehead atoms. The molecule has 1 unspecified atom stereocenters. The van der Waals surface area contributed by atoms with Crippen molar-refractivity contribution in [3.05, 3.63) is 30.1 Å². The van der Waals surface area contributed by atoms with Crippen molar-refractivity contribution in [1.29, 1.82) is 0 Å². The fourth-order valence-electron chi connectivity index (χ4n) is 4.41. The van der Waals surface area contributed by atoms with Crippen LogP contribution in [0.2, 0.25) is 0 Å². The third-order valence-electron chi connectivity index (χ3n) is 6.91. The average Bonchev–Trinajstić information content (AvgIpc) is 2.94. The van der Waals surface area contributed by atoms with E-state index in [1.807, 2.05) is 0 Å². The number of carboxylic acid groups (broad SMARTS) is 1. The quantitative estimate of drug-likeness (QED) is 0.0605. The lowest BCUT2D eigenvalue weighted by molar-refractivity contribution is -0.697. The average molecular weight is 589 g/mol. The highest BCUT2D eigenvalue weighted by Gasteiger charge is 2.24. The minimum Gasteiger partial charge on any atom is -0.477 e. The van der Waals surface area contributed by atoms with Crippen molar-refractivity contribution in [2.24, 2.45) is 0 Å². The molecule has 2 N–H and O–H groups in total. The molecule has 1 aromatic heterocycles. The van der Waals surface area contributed by atoms with Gasteiger partial charge in [-0.1, -0.05) is 103 Å². The van der Waals surface area contributed by atoms with Crippen LogP contribution in [0.4, 0.5) is 0 Å². The molecular formula is C30H55NO8P+. The Morgan fingerprint density at radius 1 is 0.850 bits per heavy atom. The highest BCUT2D eigenvalue weighted by molar-refractivity contribution is 7.47. The molecule has 1 rings (SSSR count). The molecule has 0 aliphatic heterocycles. The number of hydrogen-bond acceptors (Lipinski definition) is 6. The summed E-state index contributed by atoms with van der Waals surface area (Å²) in [6.45, 7) is 3.11. The molecular weight excluding hydrogens is 533 g/mol. The Kier molecular flexibility index (Phi) is 22.3. The van der Waals surface area contributed by atoms with E-state index >= 15 is 0 Å². The molecule has 0 aliphatic rings. The lowest BCUT2D eigenvalue weighted by Crippen LogP contribution is -2.36. The van der Waals surface area contributed by atoms with Crippen molar-refractivity contribution < 1.29 is 42.4 Å². The third kappa shape index (κ3) is 20.5. The van der Waals surface area contributed by atoms with Crippen LogP contribution in [-0.2, 0) is 29.6 Å². The second kappa shape index (κ2) is 24.3. The molecule has 232 valence electrons. The largest absolute Gasteiger partial charge is 0.477 e. The number of rotatable bonds is 28. The lowest BCUT2D eigenvalue weighted by atomic mass is 10.0. The Labute approximate surface area is 242 Å². The number of phosphoric ester groups is 1. The van der Waals surface area contributed by atoms with Gasteiger partial charge in [0.2, 0.25) is 0 Å². The number of phosphoric acid groups is 1. The Balaban J connectivity index is 1.97. The number of ether oxygens (including phenoxy) is 2. The number of unbranched alkanes of at least 4 members (excludes halogenated alkanes) is 15. The standard InChI is InChI=1S/C30H54NO8P/c1-3-4-5-6-7-8-9-10-11-12-13-14-15-16-17-18-23-37-26-29(36-2)27-39-40(34,35)38-24-22-31-21-19-20-28(25-31)30(32)33/h19-21,25,29H,3-18,22-24,26-27H2,1-2H3,(H-,32,33,34,35)/p+1/t29-/m1/s1. The normalized spacial score (nSPS) is 13.8. The SMILES string of the molecule is CCCCCCCCCCCCCCCCCCOC[C@H](COP(=O)(O)OCC[n+]1cccc(C(=O)O)c1)OC. The fourth-order valence-corrected chi connectivity index (χ4v) is 5.16. The number of aromatic carboxylic acids is 1. The van der Waals surface area contributed by atoms with Gasteiger partial charge in [0.25, 0.3) is 0 Å². The van der Waals surface area contributed by atoms with E-state index < -0.39 is 19.9 Å². The summed E-state index contributed by atoms with van der Waals surface area (Å²) >= 11 is 0. The summed E-state index contributed by atoms with van der Waals surface area (Å²) in [6, 6.07) is 3.05. The minimum atomic E-state index is -4.27.